The Morgan fingerprint density at radius 3 is 2.90 bits per heavy atom. The van der Waals surface area contributed by atoms with E-state index in [9.17, 15) is 0 Å². The first-order chi connectivity index (χ1) is 10.1. The number of nitrogens with zero attached hydrogens (tertiary/aromatic N) is 3. The molecule has 0 spiro atoms. The molecule has 3 aromatic rings. The molecule has 0 unspecified atom stereocenters. The predicted octanol–water partition coefficient (Wildman–Crippen LogP) is 3.62. The van der Waals surface area contributed by atoms with Crippen LogP contribution in [0.5, 0.6) is 0 Å². The van der Waals surface area contributed by atoms with Crippen molar-refractivity contribution in [2.75, 3.05) is 5.84 Å². The minimum atomic E-state index is 0.609. The SMILES string of the molecule is Cc1occc1-c1nnc(SCc2cccc(Br)c2)n1N. The molecule has 0 aliphatic carbocycles. The van der Waals surface area contributed by atoms with E-state index < -0.39 is 0 Å². The molecule has 2 N–H and O–H groups in total. The van der Waals surface area contributed by atoms with Crippen molar-refractivity contribution in [1.82, 2.24) is 14.9 Å². The highest BCUT2D eigenvalue weighted by atomic mass is 79.9. The lowest BCUT2D eigenvalue weighted by atomic mass is 10.2. The highest BCUT2D eigenvalue weighted by molar-refractivity contribution is 9.10. The molecular weight excluding hydrogens is 352 g/mol. The Balaban J connectivity index is 1.79. The molecule has 0 amide bonds. The van der Waals surface area contributed by atoms with Crippen molar-refractivity contribution in [2.24, 2.45) is 0 Å². The molecule has 0 bridgehead atoms. The third kappa shape index (κ3) is 2.98. The lowest BCUT2D eigenvalue weighted by Crippen LogP contribution is -2.11. The minimum absolute atomic E-state index is 0.609. The van der Waals surface area contributed by atoms with E-state index in [4.69, 9.17) is 10.3 Å². The number of aromatic nitrogens is 3. The fourth-order valence-corrected chi connectivity index (χ4v) is 3.20. The number of hydrogen-bond acceptors (Lipinski definition) is 5. The first kappa shape index (κ1) is 14.2. The second kappa shape index (κ2) is 5.95. The van der Waals surface area contributed by atoms with E-state index in [1.165, 1.54) is 10.2 Å². The maximum Gasteiger partial charge on any atom is 0.210 e. The Morgan fingerprint density at radius 2 is 2.19 bits per heavy atom. The molecule has 7 heteroatoms. The van der Waals surface area contributed by atoms with Crippen LogP contribution in [0.3, 0.4) is 0 Å². The van der Waals surface area contributed by atoms with Crippen molar-refractivity contribution >= 4 is 27.7 Å². The predicted molar refractivity (Wildman–Crippen MR) is 86.3 cm³/mol. The second-order valence-corrected chi connectivity index (χ2v) is 6.34. The third-order valence-electron chi connectivity index (χ3n) is 3.02. The maximum atomic E-state index is 6.08. The molecule has 0 saturated carbocycles. The van der Waals surface area contributed by atoms with Gasteiger partial charge in [0.05, 0.1) is 11.8 Å². The minimum Gasteiger partial charge on any atom is -0.469 e. The summed E-state index contributed by atoms with van der Waals surface area (Å²) in [6.07, 6.45) is 1.62. The van der Waals surface area contributed by atoms with Crippen LogP contribution in [0.4, 0.5) is 0 Å². The zero-order valence-electron chi connectivity index (χ0n) is 11.3. The topological polar surface area (TPSA) is 69.9 Å². The molecule has 3 rings (SSSR count). The summed E-state index contributed by atoms with van der Waals surface area (Å²) in [6.45, 7) is 1.87. The van der Waals surface area contributed by atoms with Crippen LogP contribution >= 0.6 is 27.7 Å². The van der Waals surface area contributed by atoms with Gasteiger partial charge in [0, 0.05) is 10.2 Å². The van der Waals surface area contributed by atoms with Gasteiger partial charge in [-0.2, -0.15) is 0 Å². The lowest BCUT2D eigenvalue weighted by Gasteiger charge is -2.03. The molecule has 0 radical (unpaired) electrons. The van der Waals surface area contributed by atoms with Crippen molar-refractivity contribution in [3.63, 3.8) is 0 Å². The van der Waals surface area contributed by atoms with Crippen LogP contribution in [0.1, 0.15) is 11.3 Å². The fourth-order valence-electron chi connectivity index (χ4n) is 1.95. The zero-order chi connectivity index (χ0) is 14.8. The molecular formula is C14H13BrN4OS. The standard InChI is InChI=1S/C14H13BrN4OS/c1-9-12(5-6-20-9)13-17-18-14(19(13)16)21-8-10-3-2-4-11(15)7-10/h2-7H,8,16H2,1H3. The van der Waals surface area contributed by atoms with Crippen LogP contribution in [0.15, 0.2) is 50.6 Å². The van der Waals surface area contributed by atoms with Crippen LogP contribution in [-0.2, 0) is 5.75 Å². The highest BCUT2D eigenvalue weighted by Gasteiger charge is 2.15. The van der Waals surface area contributed by atoms with Gasteiger partial charge in [0.1, 0.15) is 5.76 Å². The molecule has 0 atom stereocenters. The van der Waals surface area contributed by atoms with Gasteiger partial charge in [-0.3, -0.25) is 0 Å². The van der Waals surface area contributed by atoms with Crippen molar-refractivity contribution in [3.8, 4) is 11.4 Å². The average Bonchev–Trinajstić information content (AvgIpc) is 3.03. The van der Waals surface area contributed by atoms with E-state index in [1.54, 1.807) is 18.0 Å². The Kier molecular flexibility index (Phi) is 4.03. The Labute approximate surface area is 134 Å². The van der Waals surface area contributed by atoms with Crippen molar-refractivity contribution in [3.05, 3.63) is 52.4 Å². The summed E-state index contributed by atoms with van der Waals surface area (Å²) in [5, 5.41) is 8.97. The second-order valence-electron chi connectivity index (χ2n) is 4.49. The summed E-state index contributed by atoms with van der Waals surface area (Å²) >= 11 is 5.01. The average molecular weight is 365 g/mol. The molecule has 2 aromatic heterocycles. The molecule has 0 fully saturated rings. The van der Waals surface area contributed by atoms with Crippen LogP contribution < -0.4 is 5.84 Å². The summed E-state index contributed by atoms with van der Waals surface area (Å²) < 4.78 is 7.84. The molecule has 5 nitrogen and oxygen atoms in total. The van der Waals surface area contributed by atoms with Gasteiger partial charge in [-0.05, 0) is 30.7 Å². The number of nitrogen functional groups attached to an aromatic ring is 1. The number of thioether (sulfide) groups is 1. The number of halogens is 1. The van der Waals surface area contributed by atoms with Gasteiger partial charge in [-0.1, -0.05) is 39.8 Å². The summed E-state index contributed by atoms with van der Waals surface area (Å²) in [6, 6.07) is 9.99. The Morgan fingerprint density at radius 1 is 1.33 bits per heavy atom. The van der Waals surface area contributed by atoms with Crippen LogP contribution in [-0.4, -0.2) is 14.9 Å². The van der Waals surface area contributed by atoms with Crippen molar-refractivity contribution in [1.29, 1.82) is 0 Å². The van der Waals surface area contributed by atoms with E-state index in [0.29, 0.717) is 11.0 Å². The molecule has 0 aliphatic heterocycles. The van der Waals surface area contributed by atoms with Gasteiger partial charge >= 0.3 is 0 Å². The quantitative estimate of drug-likeness (QED) is 0.565. The number of hydrogen-bond donors (Lipinski definition) is 1. The van der Waals surface area contributed by atoms with Crippen LogP contribution in [0.2, 0.25) is 0 Å². The molecule has 2 heterocycles. The van der Waals surface area contributed by atoms with Crippen molar-refractivity contribution < 1.29 is 4.42 Å². The number of nitrogens with two attached hydrogens (primary N) is 1. The summed E-state index contributed by atoms with van der Waals surface area (Å²) in [4.78, 5) is 0. The monoisotopic (exact) mass is 364 g/mol. The van der Waals surface area contributed by atoms with Gasteiger partial charge in [0.15, 0.2) is 5.82 Å². The number of benzene rings is 1. The van der Waals surface area contributed by atoms with Gasteiger partial charge in [0.2, 0.25) is 5.16 Å². The van der Waals surface area contributed by atoms with E-state index in [0.717, 1.165) is 21.5 Å². The van der Waals surface area contributed by atoms with E-state index in [1.807, 2.05) is 25.1 Å². The molecule has 0 aliphatic rings. The number of aryl methyl sites for hydroxylation is 1. The zero-order valence-corrected chi connectivity index (χ0v) is 13.7. The van der Waals surface area contributed by atoms with Gasteiger partial charge in [-0.15, -0.1) is 10.2 Å². The van der Waals surface area contributed by atoms with Crippen LogP contribution in [0, 0.1) is 6.92 Å². The summed E-state index contributed by atoms with van der Waals surface area (Å²) in [7, 11) is 0. The number of furan rings is 1. The van der Waals surface area contributed by atoms with Gasteiger partial charge in [-0.25, -0.2) is 4.68 Å². The molecule has 0 saturated heterocycles. The molecule has 1 aromatic carbocycles. The molecule has 21 heavy (non-hydrogen) atoms. The largest absolute Gasteiger partial charge is 0.469 e. The van der Waals surface area contributed by atoms with E-state index in [-0.39, 0.29) is 0 Å². The Bertz CT molecular complexity index is 768. The van der Waals surface area contributed by atoms with Crippen LogP contribution in [0.25, 0.3) is 11.4 Å². The van der Waals surface area contributed by atoms with Crippen molar-refractivity contribution in [2.45, 2.75) is 17.8 Å². The van der Waals surface area contributed by atoms with E-state index >= 15 is 0 Å². The fraction of sp³-hybridized carbons (Fsp3) is 0.143. The van der Waals surface area contributed by atoms with Gasteiger partial charge < -0.3 is 10.3 Å². The van der Waals surface area contributed by atoms with Gasteiger partial charge in [0.25, 0.3) is 0 Å². The highest BCUT2D eigenvalue weighted by Crippen LogP contribution is 2.27. The number of rotatable bonds is 4. The third-order valence-corrected chi connectivity index (χ3v) is 4.53. The smallest absolute Gasteiger partial charge is 0.210 e. The normalized spacial score (nSPS) is 11.0. The summed E-state index contributed by atoms with van der Waals surface area (Å²) in [5.74, 6) is 8.24. The Hall–Kier alpha value is -1.73. The summed E-state index contributed by atoms with van der Waals surface area (Å²) in [5.41, 5.74) is 2.05. The first-order valence-electron chi connectivity index (χ1n) is 6.27. The van der Waals surface area contributed by atoms with E-state index in [2.05, 4.69) is 38.3 Å². The maximum absolute atomic E-state index is 6.08. The first-order valence-corrected chi connectivity index (χ1v) is 8.05. The molecule has 108 valence electrons. The lowest BCUT2D eigenvalue weighted by molar-refractivity contribution is 0.535.